The van der Waals surface area contributed by atoms with Crippen LogP contribution in [0.15, 0.2) is 29.3 Å². The molecule has 0 radical (unpaired) electrons. The number of hydrogen-bond acceptors (Lipinski definition) is 2. The summed E-state index contributed by atoms with van der Waals surface area (Å²) in [4.78, 5) is 11.1. The highest BCUT2D eigenvalue weighted by Crippen LogP contribution is 2.14. The lowest BCUT2D eigenvalue weighted by Crippen LogP contribution is -2.37. The Labute approximate surface area is 143 Å². The molecule has 0 bridgehead atoms. The molecule has 21 heavy (non-hydrogen) atoms. The van der Waals surface area contributed by atoms with Crippen molar-refractivity contribution in [3.63, 3.8) is 0 Å². The first-order valence-corrected chi connectivity index (χ1v) is 7.14. The third-order valence-electron chi connectivity index (χ3n) is 3.53. The van der Waals surface area contributed by atoms with Gasteiger partial charge in [0, 0.05) is 19.6 Å². The molecule has 0 atom stereocenters. The quantitative estimate of drug-likeness (QED) is 0.476. The second kappa shape index (κ2) is 8.21. The molecule has 2 N–H and O–H groups in total. The van der Waals surface area contributed by atoms with Crippen LogP contribution in [0.5, 0.6) is 0 Å². The number of aryl methyl sites for hydroxylation is 1. The second-order valence-corrected chi connectivity index (χ2v) is 4.71. The number of guanidine groups is 1. The van der Waals surface area contributed by atoms with Gasteiger partial charge in [0.25, 0.3) is 0 Å². The van der Waals surface area contributed by atoms with E-state index in [1.165, 1.54) is 0 Å². The zero-order valence-corrected chi connectivity index (χ0v) is 15.2. The minimum atomic E-state index is 0. The molecule has 6 heteroatoms. The molecule has 2 rings (SSSR count). The van der Waals surface area contributed by atoms with Gasteiger partial charge in [-0.2, -0.15) is 0 Å². The summed E-state index contributed by atoms with van der Waals surface area (Å²) < 4.78 is 2.19. The van der Waals surface area contributed by atoms with Crippen LogP contribution in [0.1, 0.15) is 19.7 Å². The molecule has 0 aliphatic carbocycles. The average Bonchev–Trinajstić information content (AvgIpc) is 2.76. The zero-order chi connectivity index (χ0) is 14.5. The van der Waals surface area contributed by atoms with E-state index in [0.29, 0.717) is 12.5 Å². The highest BCUT2D eigenvalue weighted by Gasteiger charge is 2.06. The number of hydrogen-bond donors (Lipinski definition) is 1. The van der Waals surface area contributed by atoms with Crippen LogP contribution in [0.2, 0.25) is 0 Å². The molecule has 116 valence electrons. The number of rotatable bonds is 5. The summed E-state index contributed by atoms with van der Waals surface area (Å²) in [6, 6.07) is 8.17. The van der Waals surface area contributed by atoms with Crippen LogP contribution in [0.3, 0.4) is 0 Å². The Kier molecular flexibility index (Phi) is 6.94. The van der Waals surface area contributed by atoms with Gasteiger partial charge in [-0.25, -0.2) is 4.98 Å². The van der Waals surface area contributed by atoms with Crippen molar-refractivity contribution >= 4 is 41.0 Å². The predicted molar refractivity (Wildman–Crippen MR) is 99.3 cm³/mol. The highest BCUT2D eigenvalue weighted by atomic mass is 127. The van der Waals surface area contributed by atoms with Crippen molar-refractivity contribution in [3.05, 3.63) is 30.1 Å². The van der Waals surface area contributed by atoms with Crippen molar-refractivity contribution in [1.29, 1.82) is 0 Å². The van der Waals surface area contributed by atoms with E-state index in [9.17, 15) is 0 Å². The smallest absolute Gasteiger partial charge is 0.191 e. The number of aliphatic imine (C=N–C) groups is 1. The number of fused-ring (bicyclic) bond motifs is 1. The maximum atomic E-state index is 5.98. The van der Waals surface area contributed by atoms with Crippen molar-refractivity contribution in [2.45, 2.75) is 27.3 Å². The minimum absolute atomic E-state index is 0. The Morgan fingerprint density at radius 1 is 1.29 bits per heavy atom. The molecular weight excluding hydrogens is 377 g/mol. The van der Waals surface area contributed by atoms with Gasteiger partial charge in [-0.3, -0.25) is 4.99 Å². The fourth-order valence-corrected chi connectivity index (χ4v) is 2.39. The number of para-hydroxylation sites is 2. The van der Waals surface area contributed by atoms with Crippen molar-refractivity contribution in [3.8, 4) is 0 Å². The molecule has 0 saturated carbocycles. The van der Waals surface area contributed by atoms with Crippen LogP contribution in [0.4, 0.5) is 0 Å². The van der Waals surface area contributed by atoms with Gasteiger partial charge in [0.1, 0.15) is 5.82 Å². The first-order chi connectivity index (χ1) is 9.67. The van der Waals surface area contributed by atoms with E-state index in [2.05, 4.69) is 39.4 Å². The van der Waals surface area contributed by atoms with Crippen molar-refractivity contribution in [2.75, 3.05) is 19.6 Å². The summed E-state index contributed by atoms with van der Waals surface area (Å²) in [5, 5.41) is 0. The van der Waals surface area contributed by atoms with E-state index in [1.807, 2.05) is 25.1 Å². The van der Waals surface area contributed by atoms with E-state index in [1.54, 1.807) is 0 Å². The van der Waals surface area contributed by atoms with Gasteiger partial charge in [0.05, 0.1) is 17.6 Å². The summed E-state index contributed by atoms with van der Waals surface area (Å²) >= 11 is 0. The van der Waals surface area contributed by atoms with Gasteiger partial charge in [-0.05, 0) is 32.9 Å². The van der Waals surface area contributed by atoms with Crippen LogP contribution in [0.25, 0.3) is 11.0 Å². The number of aromatic nitrogens is 2. The monoisotopic (exact) mass is 401 g/mol. The Morgan fingerprint density at radius 2 is 1.95 bits per heavy atom. The molecule has 5 nitrogen and oxygen atoms in total. The predicted octanol–water partition coefficient (Wildman–Crippen LogP) is 2.62. The van der Waals surface area contributed by atoms with E-state index in [0.717, 1.165) is 36.5 Å². The van der Waals surface area contributed by atoms with Crippen LogP contribution in [-0.4, -0.2) is 40.0 Å². The van der Waals surface area contributed by atoms with Crippen molar-refractivity contribution in [2.24, 2.45) is 10.7 Å². The summed E-state index contributed by atoms with van der Waals surface area (Å²) in [7, 11) is 0. The van der Waals surface area contributed by atoms with Gasteiger partial charge in [-0.1, -0.05) is 12.1 Å². The van der Waals surface area contributed by atoms with Gasteiger partial charge >= 0.3 is 0 Å². The fraction of sp³-hybridized carbons (Fsp3) is 0.467. The van der Waals surface area contributed by atoms with Gasteiger partial charge in [0.2, 0.25) is 0 Å². The molecule has 1 aromatic carbocycles. The molecule has 0 aliphatic rings. The fourth-order valence-electron chi connectivity index (χ4n) is 2.39. The Hall–Kier alpha value is -1.31. The molecule has 0 saturated heterocycles. The molecule has 0 spiro atoms. The molecule has 0 aliphatic heterocycles. The second-order valence-electron chi connectivity index (χ2n) is 4.71. The summed E-state index contributed by atoms with van der Waals surface area (Å²) in [6.45, 7) is 9.44. The number of imidazole rings is 1. The molecule has 2 aromatic rings. The highest BCUT2D eigenvalue weighted by molar-refractivity contribution is 14.0. The number of nitrogens with zero attached hydrogens (tertiary/aromatic N) is 4. The first-order valence-electron chi connectivity index (χ1n) is 7.14. The Bertz CT molecular complexity index is 601. The van der Waals surface area contributed by atoms with Crippen molar-refractivity contribution < 1.29 is 0 Å². The lowest BCUT2D eigenvalue weighted by molar-refractivity contribution is 0.457. The SMILES string of the molecule is CCN(CC)C(N)=NCCn1c(C)nc2ccccc21.I. The number of benzene rings is 1. The molecule has 0 fully saturated rings. The van der Waals surface area contributed by atoms with E-state index in [-0.39, 0.29) is 24.0 Å². The first kappa shape index (κ1) is 17.7. The minimum Gasteiger partial charge on any atom is -0.370 e. The molecule has 0 amide bonds. The summed E-state index contributed by atoms with van der Waals surface area (Å²) in [5.41, 5.74) is 8.17. The van der Waals surface area contributed by atoms with Crippen LogP contribution in [-0.2, 0) is 6.54 Å². The topological polar surface area (TPSA) is 59.4 Å². The number of halogens is 1. The third kappa shape index (κ3) is 4.09. The largest absolute Gasteiger partial charge is 0.370 e. The standard InChI is InChI=1S/C15H23N5.HI/c1-4-19(5-2)15(16)17-10-11-20-12(3)18-13-8-6-7-9-14(13)20;/h6-9H,4-5,10-11H2,1-3H3,(H2,16,17);1H. The maximum Gasteiger partial charge on any atom is 0.191 e. The van der Waals surface area contributed by atoms with Crippen LogP contribution in [0, 0.1) is 6.92 Å². The molecule has 0 unspecified atom stereocenters. The maximum absolute atomic E-state index is 5.98. The van der Waals surface area contributed by atoms with E-state index >= 15 is 0 Å². The van der Waals surface area contributed by atoms with Crippen LogP contribution >= 0.6 is 24.0 Å². The zero-order valence-electron chi connectivity index (χ0n) is 12.9. The molecular formula is C15H24IN5. The van der Waals surface area contributed by atoms with E-state index in [4.69, 9.17) is 5.73 Å². The Morgan fingerprint density at radius 3 is 2.62 bits per heavy atom. The van der Waals surface area contributed by atoms with Gasteiger partial charge in [0.15, 0.2) is 5.96 Å². The lowest BCUT2D eigenvalue weighted by Gasteiger charge is -2.19. The average molecular weight is 401 g/mol. The van der Waals surface area contributed by atoms with Gasteiger partial charge < -0.3 is 15.2 Å². The molecule has 1 heterocycles. The van der Waals surface area contributed by atoms with Crippen LogP contribution < -0.4 is 5.73 Å². The van der Waals surface area contributed by atoms with Gasteiger partial charge in [-0.15, -0.1) is 24.0 Å². The Balaban J connectivity index is 0.00000220. The number of nitrogens with two attached hydrogens (primary N) is 1. The molecule has 1 aromatic heterocycles. The van der Waals surface area contributed by atoms with E-state index < -0.39 is 0 Å². The third-order valence-corrected chi connectivity index (χ3v) is 3.53. The van der Waals surface area contributed by atoms with Crippen molar-refractivity contribution in [1.82, 2.24) is 14.5 Å². The normalized spacial score (nSPS) is 11.5. The summed E-state index contributed by atoms with van der Waals surface area (Å²) in [6.07, 6.45) is 0. The lowest BCUT2D eigenvalue weighted by atomic mass is 10.3. The summed E-state index contributed by atoms with van der Waals surface area (Å²) in [5.74, 6) is 1.64.